The average molecular weight is 323 g/mol. The number of nitrogens with one attached hydrogen (secondary N) is 1. The lowest BCUT2D eigenvalue weighted by atomic mass is 10.0. The molecule has 2 aromatic rings. The third-order valence-corrected chi connectivity index (χ3v) is 4.46. The van der Waals surface area contributed by atoms with E-state index in [0.717, 1.165) is 5.69 Å². The van der Waals surface area contributed by atoms with Crippen LogP contribution in [-0.2, 0) is 6.54 Å². The second kappa shape index (κ2) is 6.23. The lowest BCUT2D eigenvalue weighted by Crippen LogP contribution is -2.26. The molecule has 1 aliphatic rings. The second-order valence-electron chi connectivity index (χ2n) is 6.02. The number of carbonyl (C=O) groups is 1. The van der Waals surface area contributed by atoms with Crippen LogP contribution in [0, 0.1) is 5.92 Å². The van der Waals surface area contributed by atoms with Crippen LogP contribution in [0.25, 0.3) is 5.65 Å². The molecule has 1 aliphatic carbocycles. The van der Waals surface area contributed by atoms with Gasteiger partial charge in [-0.05, 0) is 37.9 Å². The maximum Gasteiger partial charge on any atom is 0.337 e. The summed E-state index contributed by atoms with van der Waals surface area (Å²) in [6.45, 7) is 0.967. The van der Waals surface area contributed by atoms with Gasteiger partial charge in [-0.25, -0.2) is 18.6 Å². The molecule has 23 heavy (non-hydrogen) atoms. The molecule has 0 radical (unpaired) electrons. The molecule has 124 valence electrons. The highest BCUT2D eigenvalue weighted by atomic mass is 19.3. The first-order chi connectivity index (χ1) is 11.0. The van der Waals surface area contributed by atoms with E-state index in [1.807, 2.05) is 0 Å². The summed E-state index contributed by atoms with van der Waals surface area (Å²) in [7, 11) is 0. The van der Waals surface area contributed by atoms with Crippen LogP contribution in [0.2, 0.25) is 0 Å². The lowest BCUT2D eigenvalue weighted by molar-refractivity contribution is -0.0391. The first-order valence-corrected chi connectivity index (χ1v) is 7.75. The molecule has 0 saturated heterocycles. The number of halogens is 2. The van der Waals surface area contributed by atoms with Gasteiger partial charge in [0.2, 0.25) is 0 Å². The van der Waals surface area contributed by atoms with Crippen LogP contribution in [0.15, 0.2) is 24.5 Å². The molecule has 0 aliphatic heterocycles. The molecular weight excluding hydrogens is 304 g/mol. The largest absolute Gasteiger partial charge is 0.478 e. The molecule has 2 aromatic heterocycles. The van der Waals surface area contributed by atoms with Crippen molar-refractivity contribution in [2.75, 3.05) is 6.54 Å². The number of alkyl halides is 2. The Bertz CT molecular complexity index is 714. The van der Waals surface area contributed by atoms with Crippen LogP contribution >= 0.6 is 0 Å². The highest BCUT2D eigenvalue weighted by Gasteiger charge is 2.42. The summed E-state index contributed by atoms with van der Waals surface area (Å²) in [5.74, 6) is -4.06. The minimum absolute atomic E-state index is 0.00287. The van der Waals surface area contributed by atoms with Gasteiger partial charge in [0.15, 0.2) is 0 Å². The Hall–Kier alpha value is -2.02. The van der Waals surface area contributed by atoms with Gasteiger partial charge in [-0.2, -0.15) is 0 Å². The first kappa shape index (κ1) is 15.9. The summed E-state index contributed by atoms with van der Waals surface area (Å²) in [6, 6.07) is 3.15. The van der Waals surface area contributed by atoms with Crippen LogP contribution in [0.4, 0.5) is 8.78 Å². The summed E-state index contributed by atoms with van der Waals surface area (Å²) in [5.41, 5.74) is 1.65. The summed E-state index contributed by atoms with van der Waals surface area (Å²) >= 11 is 0. The van der Waals surface area contributed by atoms with Crippen LogP contribution < -0.4 is 5.32 Å². The Kier molecular flexibility index (Phi) is 4.30. The predicted molar refractivity (Wildman–Crippen MR) is 80.8 cm³/mol. The van der Waals surface area contributed by atoms with Crippen LogP contribution in [0.5, 0.6) is 0 Å². The zero-order valence-corrected chi connectivity index (χ0v) is 12.6. The number of fused-ring (bicyclic) bond motifs is 1. The smallest absolute Gasteiger partial charge is 0.337 e. The minimum Gasteiger partial charge on any atom is -0.478 e. The average Bonchev–Trinajstić information content (AvgIpc) is 3.06. The van der Waals surface area contributed by atoms with Crippen LogP contribution in [-0.4, -0.2) is 32.9 Å². The van der Waals surface area contributed by atoms with Crippen molar-refractivity contribution in [1.82, 2.24) is 14.7 Å². The Morgan fingerprint density at radius 2 is 2.30 bits per heavy atom. The van der Waals surface area contributed by atoms with Gasteiger partial charge in [-0.15, -0.1) is 0 Å². The molecule has 0 aromatic carbocycles. The van der Waals surface area contributed by atoms with Crippen molar-refractivity contribution in [2.45, 2.75) is 38.2 Å². The van der Waals surface area contributed by atoms with Gasteiger partial charge in [0.05, 0.1) is 17.5 Å². The zero-order valence-electron chi connectivity index (χ0n) is 12.6. The predicted octanol–water partition coefficient (Wildman–Crippen LogP) is 2.95. The molecule has 2 heterocycles. The van der Waals surface area contributed by atoms with Gasteiger partial charge in [-0.3, -0.25) is 0 Å². The number of aromatic nitrogens is 2. The van der Waals surface area contributed by atoms with Crippen molar-refractivity contribution in [3.8, 4) is 0 Å². The first-order valence-electron chi connectivity index (χ1n) is 7.75. The molecule has 3 rings (SSSR count). The number of carboxylic acid groups (broad SMARTS) is 1. The third kappa shape index (κ3) is 3.34. The van der Waals surface area contributed by atoms with E-state index in [-0.39, 0.29) is 12.0 Å². The van der Waals surface area contributed by atoms with Crippen LogP contribution in [0.3, 0.4) is 0 Å². The van der Waals surface area contributed by atoms with E-state index in [1.54, 1.807) is 16.7 Å². The quantitative estimate of drug-likeness (QED) is 0.802. The number of imidazole rings is 1. The van der Waals surface area contributed by atoms with Gasteiger partial charge < -0.3 is 14.8 Å². The molecule has 7 heteroatoms. The number of rotatable bonds is 6. The highest BCUT2D eigenvalue weighted by Crippen LogP contribution is 2.41. The van der Waals surface area contributed by atoms with E-state index in [1.165, 1.54) is 12.3 Å². The topological polar surface area (TPSA) is 66.6 Å². The van der Waals surface area contributed by atoms with Crippen molar-refractivity contribution >= 4 is 11.6 Å². The zero-order chi connectivity index (χ0) is 16.4. The molecule has 1 unspecified atom stereocenters. The Morgan fingerprint density at radius 3 is 3.00 bits per heavy atom. The van der Waals surface area contributed by atoms with Crippen molar-refractivity contribution in [3.05, 3.63) is 35.8 Å². The Morgan fingerprint density at radius 1 is 1.48 bits per heavy atom. The number of pyridine rings is 1. The summed E-state index contributed by atoms with van der Waals surface area (Å²) < 4.78 is 28.8. The number of hydrogen-bond donors (Lipinski definition) is 2. The van der Waals surface area contributed by atoms with E-state index < -0.39 is 17.8 Å². The summed E-state index contributed by atoms with van der Waals surface area (Å²) in [5, 5.41) is 12.2. The molecule has 0 amide bonds. The lowest BCUT2D eigenvalue weighted by Gasteiger charge is -2.18. The summed E-state index contributed by atoms with van der Waals surface area (Å²) in [6.07, 6.45) is 4.83. The molecule has 2 N–H and O–H groups in total. The normalized spacial score (nSPS) is 20.2. The molecule has 1 fully saturated rings. The van der Waals surface area contributed by atoms with E-state index in [2.05, 4.69) is 10.3 Å². The van der Waals surface area contributed by atoms with Crippen molar-refractivity contribution in [2.24, 2.45) is 5.92 Å². The van der Waals surface area contributed by atoms with E-state index in [4.69, 9.17) is 5.11 Å². The van der Waals surface area contributed by atoms with Gasteiger partial charge in [0.1, 0.15) is 5.65 Å². The van der Waals surface area contributed by atoms with Gasteiger partial charge in [0.25, 0.3) is 5.92 Å². The Labute approximate surface area is 132 Å². The fraction of sp³-hybridized carbons (Fsp3) is 0.500. The minimum atomic E-state index is -2.53. The number of nitrogens with zero attached hydrogens (tertiary/aromatic N) is 2. The van der Waals surface area contributed by atoms with E-state index >= 15 is 0 Å². The molecule has 5 nitrogen and oxygen atoms in total. The molecular formula is C16H19F2N3O2. The maximum absolute atomic E-state index is 13.5. The molecule has 1 saturated carbocycles. The number of carboxylic acids is 1. The third-order valence-electron chi connectivity index (χ3n) is 4.46. The van der Waals surface area contributed by atoms with Crippen molar-refractivity contribution in [1.29, 1.82) is 0 Å². The van der Waals surface area contributed by atoms with Gasteiger partial charge >= 0.3 is 5.97 Å². The molecule has 0 spiro atoms. The molecule has 0 bridgehead atoms. The van der Waals surface area contributed by atoms with Gasteiger partial charge in [0, 0.05) is 25.1 Å². The second-order valence-corrected chi connectivity index (χ2v) is 6.02. The maximum atomic E-state index is 13.5. The van der Waals surface area contributed by atoms with E-state index in [9.17, 15) is 13.6 Å². The number of hydrogen-bond acceptors (Lipinski definition) is 3. The fourth-order valence-electron chi connectivity index (χ4n) is 3.14. The van der Waals surface area contributed by atoms with E-state index in [0.29, 0.717) is 38.0 Å². The standard InChI is InChI=1S/C16H19F2N3O2/c17-16(18)6-1-2-12(16)5-7-19-8-13-9-20-14-4-3-11(15(22)23)10-21(13)14/h3-4,9-10,12,19H,1-2,5-8H2,(H,22,23). The van der Waals surface area contributed by atoms with Gasteiger partial charge in [-0.1, -0.05) is 0 Å². The Balaban J connectivity index is 1.59. The number of aromatic carboxylic acids is 1. The summed E-state index contributed by atoms with van der Waals surface area (Å²) in [4.78, 5) is 15.2. The molecule has 1 atom stereocenters. The fourth-order valence-corrected chi connectivity index (χ4v) is 3.14. The van der Waals surface area contributed by atoms with Crippen molar-refractivity contribution in [3.63, 3.8) is 0 Å². The van der Waals surface area contributed by atoms with Crippen LogP contribution in [0.1, 0.15) is 41.7 Å². The SMILES string of the molecule is O=C(O)c1ccc2ncc(CNCCC3CCCC3(F)F)n2c1. The monoisotopic (exact) mass is 323 g/mol. The van der Waals surface area contributed by atoms with Crippen molar-refractivity contribution < 1.29 is 18.7 Å². The highest BCUT2D eigenvalue weighted by molar-refractivity contribution is 5.87.